The highest BCUT2D eigenvalue weighted by Crippen LogP contribution is 2.13. The van der Waals surface area contributed by atoms with Crippen LogP contribution in [0.25, 0.3) is 6.08 Å². The summed E-state index contributed by atoms with van der Waals surface area (Å²) in [5.41, 5.74) is 1.40. The van der Waals surface area contributed by atoms with Crippen molar-refractivity contribution in [2.45, 2.75) is 13.0 Å². The number of amides is 2. The molecule has 0 unspecified atom stereocenters. The summed E-state index contributed by atoms with van der Waals surface area (Å²) in [6, 6.07) is 15.8. The van der Waals surface area contributed by atoms with E-state index in [4.69, 9.17) is 16.3 Å². The third-order valence-corrected chi connectivity index (χ3v) is 3.67. The van der Waals surface area contributed by atoms with E-state index in [9.17, 15) is 14.4 Å². The number of anilines is 1. The zero-order valence-electron chi connectivity index (χ0n) is 14.6. The lowest BCUT2D eigenvalue weighted by Gasteiger charge is -2.13. The molecule has 2 aromatic carbocycles. The van der Waals surface area contributed by atoms with Crippen LogP contribution in [-0.2, 0) is 19.1 Å². The average Bonchev–Trinajstić information content (AvgIpc) is 2.67. The van der Waals surface area contributed by atoms with E-state index in [1.165, 1.54) is 13.0 Å². The molecule has 27 heavy (non-hydrogen) atoms. The van der Waals surface area contributed by atoms with Crippen molar-refractivity contribution in [1.29, 1.82) is 0 Å². The molecule has 0 aliphatic heterocycles. The maximum absolute atomic E-state index is 12.0. The van der Waals surface area contributed by atoms with Gasteiger partial charge in [-0.2, -0.15) is 0 Å². The van der Waals surface area contributed by atoms with Gasteiger partial charge < -0.3 is 15.4 Å². The van der Waals surface area contributed by atoms with Crippen molar-refractivity contribution >= 4 is 41.1 Å². The van der Waals surface area contributed by atoms with Crippen LogP contribution in [0, 0.1) is 0 Å². The second-order valence-corrected chi connectivity index (χ2v) is 6.03. The van der Waals surface area contributed by atoms with E-state index in [2.05, 4.69) is 10.6 Å². The van der Waals surface area contributed by atoms with Crippen LogP contribution in [0.2, 0.25) is 5.02 Å². The van der Waals surface area contributed by atoms with Crippen LogP contribution in [0.15, 0.2) is 60.7 Å². The fourth-order valence-corrected chi connectivity index (χ4v) is 2.15. The van der Waals surface area contributed by atoms with Crippen molar-refractivity contribution < 1.29 is 19.1 Å². The Hall–Kier alpha value is -3.12. The quantitative estimate of drug-likeness (QED) is 0.565. The van der Waals surface area contributed by atoms with Crippen LogP contribution < -0.4 is 10.6 Å². The van der Waals surface area contributed by atoms with Gasteiger partial charge in [-0.3, -0.25) is 14.4 Å². The Labute approximate surface area is 162 Å². The first-order valence-corrected chi connectivity index (χ1v) is 8.59. The lowest BCUT2D eigenvalue weighted by Crippen LogP contribution is -2.35. The number of halogens is 1. The van der Waals surface area contributed by atoms with E-state index in [0.717, 1.165) is 5.56 Å². The Kier molecular flexibility index (Phi) is 7.58. The topological polar surface area (TPSA) is 84.5 Å². The van der Waals surface area contributed by atoms with Gasteiger partial charge in [0.2, 0.25) is 5.91 Å². The molecule has 2 rings (SSSR count). The van der Waals surface area contributed by atoms with E-state index in [1.807, 2.05) is 30.3 Å². The molecular formula is C20H19ClN2O4. The Bertz CT molecular complexity index is 820. The summed E-state index contributed by atoms with van der Waals surface area (Å²) in [7, 11) is 0. The normalized spacial score (nSPS) is 11.6. The summed E-state index contributed by atoms with van der Waals surface area (Å²) >= 11 is 5.78. The molecule has 0 heterocycles. The second-order valence-electron chi connectivity index (χ2n) is 5.59. The van der Waals surface area contributed by atoms with Crippen molar-refractivity contribution in [1.82, 2.24) is 5.32 Å². The largest absolute Gasteiger partial charge is 0.451 e. The molecule has 0 aliphatic carbocycles. The Morgan fingerprint density at radius 2 is 1.74 bits per heavy atom. The second kappa shape index (κ2) is 10.1. The summed E-state index contributed by atoms with van der Waals surface area (Å²) in [5.74, 6) is -1.63. The lowest BCUT2D eigenvalue weighted by molar-refractivity contribution is -0.152. The molecule has 0 bridgehead atoms. The molecule has 6 nitrogen and oxygen atoms in total. The Balaban J connectivity index is 1.74. The van der Waals surface area contributed by atoms with E-state index >= 15 is 0 Å². The molecule has 2 aromatic rings. The first-order valence-electron chi connectivity index (χ1n) is 8.21. The van der Waals surface area contributed by atoms with Crippen LogP contribution in [0.4, 0.5) is 5.69 Å². The van der Waals surface area contributed by atoms with Gasteiger partial charge in [0.25, 0.3) is 5.91 Å². The summed E-state index contributed by atoms with van der Waals surface area (Å²) in [6.07, 6.45) is 1.94. The molecule has 0 saturated heterocycles. The molecule has 0 saturated carbocycles. The highest BCUT2D eigenvalue weighted by molar-refractivity contribution is 6.30. The molecule has 140 valence electrons. The van der Waals surface area contributed by atoms with Gasteiger partial charge in [-0.05, 0) is 42.8 Å². The van der Waals surface area contributed by atoms with E-state index in [-0.39, 0.29) is 6.54 Å². The Morgan fingerprint density at radius 1 is 1.07 bits per heavy atom. The maximum Gasteiger partial charge on any atom is 0.326 e. The van der Waals surface area contributed by atoms with Crippen molar-refractivity contribution in [2.24, 2.45) is 0 Å². The summed E-state index contributed by atoms with van der Waals surface area (Å²) < 4.78 is 5.01. The standard InChI is InChI=1S/C20H19ClN2O4/c1-14(20(26)23-17-10-8-16(21)9-11-17)27-19(25)13-22-18(24)12-7-15-5-3-2-4-6-15/h2-12,14H,13H2,1H3,(H,22,24)(H,23,26)/b12-7+/t14-/m1/s1. The number of rotatable bonds is 7. The highest BCUT2D eigenvalue weighted by Gasteiger charge is 2.18. The molecule has 2 amide bonds. The van der Waals surface area contributed by atoms with Crippen LogP contribution in [-0.4, -0.2) is 30.4 Å². The van der Waals surface area contributed by atoms with Gasteiger partial charge in [-0.1, -0.05) is 41.9 Å². The van der Waals surface area contributed by atoms with Gasteiger partial charge in [0.05, 0.1) is 0 Å². The summed E-state index contributed by atoms with van der Waals surface area (Å²) in [4.78, 5) is 35.5. The summed E-state index contributed by atoms with van der Waals surface area (Å²) in [5, 5.41) is 5.56. The zero-order chi connectivity index (χ0) is 19.6. The number of hydrogen-bond donors (Lipinski definition) is 2. The van der Waals surface area contributed by atoms with Gasteiger partial charge in [-0.25, -0.2) is 0 Å². The van der Waals surface area contributed by atoms with Crippen LogP contribution in [0.5, 0.6) is 0 Å². The number of nitrogens with one attached hydrogen (secondary N) is 2. The first kappa shape index (κ1) is 20.2. The third kappa shape index (κ3) is 7.33. The molecule has 2 N–H and O–H groups in total. The fraction of sp³-hybridized carbons (Fsp3) is 0.150. The molecule has 0 spiro atoms. The minimum absolute atomic E-state index is 0.337. The van der Waals surface area contributed by atoms with E-state index in [0.29, 0.717) is 10.7 Å². The smallest absolute Gasteiger partial charge is 0.326 e. The van der Waals surface area contributed by atoms with Crippen molar-refractivity contribution in [2.75, 3.05) is 11.9 Å². The Morgan fingerprint density at radius 3 is 2.41 bits per heavy atom. The van der Waals surface area contributed by atoms with Gasteiger partial charge >= 0.3 is 5.97 Å². The molecule has 0 radical (unpaired) electrons. The number of hydrogen-bond acceptors (Lipinski definition) is 4. The maximum atomic E-state index is 12.0. The average molecular weight is 387 g/mol. The number of carbonyl (C=O) groups is 3. The van der Waals surface area contributed by atoms with Gasteiger partial charge in [0, 0.05) is 16.8 Å². The number of benzene rings is 2. The van der Waals surface area contributed by atoms with Crippen molar-refractivity contribution in [3.63, 3.8) is 0 Å². The van der Waals surface area contributed by atoms with Crippen LogP contribution in [0.3, 0.4) is 0 Å². The first-order chi connectivity index (χ1) is 12.9. The third-order valence-electron chi connectivity index (χ3n) is 3.42. The molecule has 1 atom stereocenters. The molecule has 0 aliphatic rings. The van der Waals surface area contributed by atoms with Gasteiger partial charge in [0.15, 0.2) is 6.10 Å². The molecule has 0 fully saturated rings. The lowest BCUT2D eigenvalue weighted by atomic mass is 10.2. The fourth-order valence-electron chi connectivity index (χ4n) is 2.02. The van der Waals surface area contributed by atoms with E-state index in [1.54, 1.807) is 30.3 Å². The minimum Gasteiger partial charge on any atom is -0.451 e. The SMILES string of the molecule is C[C@@H](OC(=O)CNC(=O)/C=C/c1ccccc1)C(=O)Nc1ccc(Cl)cc1. The van der Waals surface area contributed by atoms with Gasteiger partial charge in [-0.15, -0.1) is 0 Å². The molecular weight excluding hydrogens is 368 g/mol. The van der Waals surface area contributed by atoms with E-state index < -0.39 is 23.9 Å². The van der Waals surface area contributed by atoms with Crippen molar-refractivity contribution in [3.8, 4) is 0 Å². The summed E-state index contributed by atoms with van der Waals surface area (Å²) in [6.45, 7) is 1.11. The predicted molar refractivity (Wildman–Crippen MR) is 104 cm³/mol. The predicted octanol–water partition coefficient (Wildman–Crippen LogP) is 3.04. The minimum atomic E-state index is -1.01. The van der Waals surface area contributed by atoms with Crippen molar-refractivity contribution in [3.05, 3.63) is 71.3 Å². The monoisotopic (exact) mass is 386 g/mol. The number of esters is 1. The highest BCUT2D eigenvalue weighted by atomic mass is 35.5. The molecule has 7 heteroatoms. The molecule has 0 aromatic heterocycles. The van der Waals surface area contributed by atoms with Crippen LogP contribution >= 0.6 is 11.6 Å². The van der Waals surface area contributed by atoms with Crippen LogP contribution in [0.1, 0.15) is 12.5 Å². The number of carbonyl (C=O) groups excluding carboxylic acids is 3. The zero-order valence-corrected chi connectivity index (χ0v) is 15.4. The van der Waals surface area contributed by atoms with Gasteiger partial charge in [0.1, 0.15) is 6.54 Å². The number of ether oxygens (including phenoxy) is 1.